The number of carbonyl (C=O) groups is 1. The third-order valence-corrected chi connectivity index (χ3v) is 2.26. The summed E-state index contributed by atoms with van der Waals surface area (Å²) < 4.78 is 5.07. The van der Waals surface area contributed by atoms with E-state index in [1.807, 2.05) is 13.8 Å². The monoisotopic (exact) mass is 171 g/mol. The number of carbonyl (C=O) groups excluding carboxylic acids is 1. The topological polar surface area (TPSA) is 38.3 Å². The van der Waals surface area contributed by atoms with Crippen LogP contribution in [-0.4, -0.2) is 24.2 Å². The molecule has 1 atom stereocenters. The first-order valence-corrected chi connectivity index (χ1v) is 4.38. The van der Waals surface area contributed by atoms with Gasteiger partial charge in [-0.3, -0.25) is 10.1 Å². The highest BCUT2D eigenvalue weighted by Crippen LogP contribution is 2.16. The van der Waals surface area contributed by atoms with E-state index in [-0.39, 0.29) is 12.0 Å². The van der Waals surface area contributed by atoms with Crippen molar-refractivity contribution in [2.24, 2.45) is 5.92 Å². The van der Waals surface area contributed by atoms with E-state index >= 15 is 0 Å². The van der Waals surface area contributed by atoms with Gasteiger partial charge in [0.2, 0.25) is 0 Å². The Morgan fingerprint density at radius 1 is 1.58 bits per heavy atom. The fraction of sp³-hybridized carbons (Fsp3) is 0.889. The lowest BCUT2D eigenvalue weighted by Crippen LogP contribution is -2.60. The Kier molecular flexibility index (Phi) is 2.42. The van der Waals surface area contributed by atoms with Gasteiger partial charge in [0.25, 0.3) is 0 Å². The highest BCUT2D eigenvalue weighted by molar-refractivity contribution is 5.80. The fourth-order valence-corrected chi connectivity index (χ4v) is 1.27. The van der Waals surface area contributed by atoms with Gasteiger partial charge >= 0.3 is 5.97 Å². The minimum absolute atomic E-state index is 0.153. The largest absolute Gasteiger partial charge is 0.463 e. The molecule has 1 aliphatic heterocycles. The van der Waals surface area contributed by atoms with E-state index in [2.05, 4.69) is 19.2 Å². The van der Waals surface area contributed by atoms with Crippen LogP contribution in [0.1, 0.15) is 27.7 Å². The van der Waals surface area contributed by atoms with Gasteiger partial charge in [0.1, 0.15) is 12.1 Å². The maximum absolute atomic E-state index is 11.2. The molecule has 0 unspecified atom stereocenters. The van der Waals surface area contributed by atoms with Crippen LogP contribution in [0.3, 0.4) is 0 Å². The van der Waals surface area contributed by atoms with Gasteiger partial charge in [0.15, 0.2) is 0 Å². The summed E-state index contributed by atoms with van der Waals surface area (Å²) in [4.78, 5) is 11.2. The Balaban J connectivity index is 2.63. The molecule has 12 heavy (non-hydrogen) atoms. The lowest BCUT2D eigenvalue weighted by atomic mass is 9.96. The molecule has 0 bridgehead atoms. The summed E-state index contributed by atoms with van der Waals surface area (Å²) in [6, 6.07) is 0.290. The summed E-state index contributed by atoms with van der Waals surface area (Å²) in [6.45, 7) is 8.44. The van der Waals surface area contributed by atoms with Crippen molar-refractivity contribution in [2.75, 3.05) is 6.61 Å². The molecule has 0 amide bonds. The number of hydrogen-bond donors (Lipinski definition) is 1. The fourth-order valence-electron chi connectivity index (χ4n) is 1.27. The third kappa shape index (κ3) is 1.78. The summed E-state index contributed by atoms with van der Waals surface area (Å²) in [6.07, 6.45) is 0. The molecule has 3 nitrogen and oxygen atoms in total. The number of ether oxygens (including phenoxy) is 1. The molecule has 3 heteroatoms. The van der Waals surface area contributed by atoms with Gasteiger partial charge in [0.05, 0.1) is 0 Å². The Bertz CT molecular complexity index is 187. The Labute approximate surface area is 73.5 Å². The molecule has 0 aromatic carbocycles. The minimum Gasteiger partial charge on any atom is -0.463 e. The normalized spacial score (nSPS) is 28.8. The van der Waals surface area contributed by atoms with E-state index in [0.717, 1.165) is 0 Å². The van der Waals surface area contributed by atoms with Crippen LogP contribution in [0.25, 0.3) is 0 Å². The van der Waals surface area contributed by atoms with Gasteiger partial charge in [-0.1, -0.05) is 13.8 Å². The van der Waals surface area contributed by atoms with Crippen LogP contribution in [0.15, 0.2) is 0 Å². The van der Waals surface area contributed by atoms with Crippen molar-refractivity contribution < 1.29 is 9.53 Å². The molecular formula is C9H17NO2. The van der Waals surface area contributed by atoms with Crippen LogP contribution >= 0.6 is 0 Å². The molecule has 0 aromatic rings. The van der Waals surface area contributed by atoms with Crippen LogP contribution in [-0.2, 0) is 9.53 Å². The lowest BCUT2D eigenvalue weighted by molar-refractivity contribution is -0.157. The zero-order chi connectivity index (χ0) is 9.35. The molecule has 0 aromatic heterocycles. The highest BCUT2D eigenvalue weighted by atomic mass is 16.5. The molecule has 1 rings (SSSR count). The first-order chi connectivity index (χ1) is 5.43. The van der Waals surface area contributed by atoms with Gasteiger partial charge in [-0.2, -0.15) is 0 Å². The van der Waals surface area contributed by atoms with E-state index in [1.54, 1.807) is 0 Å². The van der Waals surface area contributed by atoms with Gasteiger partial charge in [0, 0.05) is 6.04 Å². The van der Waals surface area contributed by atoms with Gasteiger partial charge < -0.3 is 4.74 Å². The third-order valence-electron chi connectivity index (χ3n) is 2.26. The maximum Gasteiger partial charge on any atom is 0.325 e. The minimum atomic E-state index is -0.521. The van der Waals surface area contributed by atoms with E-state index in [0.29, 0.717) is 12.5 Å². The average Bonchev–Trinajstić information content (AvgIpc) is 1.94. The second-order valence-corrected chi connectivity index (χ2v) is 4.22. The number of rotatable bonds is 1. The van der Waals surface area contributed by atoms with E-state index in [4.69, 9.17) is 4.74 Å². The van der Waals surface area contributed by atoms with Crippen molar-refractivity contribution in [3.63, 3.8) is 0 Å². The zero-order valence-electron chi connectivity index (χ0n) is 8.18. The van der Waals surface area contributed by atoms with Crippen molar-refractivity contribution in [1.82, 2.24) is 5.32 Å². The molecule has 1 fully saturated rings. The number of hydrogen-bond acceptors (Lipinski definition) is 3. The first kappa shape index (κ1) is 9.52. The van der Waals surface area contributed by atoms with Crippen LogP contribution in [0.5, 0.6) is 0 Å². The van der Waals surface area contributed by atoms with E-state index in [1.165, 1.54) is 0 Å². The number of morpholine rings is 1. The summed E-state index contributed by atoms with van der Waals surface area (Å²) in [5.74, 6) is 0.344. The van der Waals surface area contributed by atoms with Crippen molar-refractivity contribution in [2.45, 2.75) is 39.3 Å². The smallest absolute Gasteiger partial charge is 0.325 e. The second kappa shape index (κ2) is 3.05. The average molecular weight is 171 g/mol. The first-order valence-electron chi connectivity index (χ1n) is 4.38. The van der Waals surface area contributed by atoms with Crippen LogP contribution in [0.4, 0.5) is 0 Å². The van der Waals surface area contributed by atoms with Crippen molar-refractivity contribution in [3.8, 4) is 0 Å². The maximum atomic E-state index is 11.2. The predicted molar refractivity (Wildman–Crippen MR) is 46.8 cm³/mol. The molecule has 0 aliphatic carbocycles. The SMILES string of the molecule is CC(C)[C@@H]1COC(=O)C(C)(C)N1. The Morgan fingerprint density at radius 2 is 2.17 bits per heavy atom. The summed E-state index contributed by atoms with van der Waals surface area (Å²) in [5.41, 5.74) is -0.521. The molecule has 0 spiro atoms. The van der Waals surface area contributed by atoms with Crippen LogP contribution in [0, 0.1) is 5.92 Å². The van der Waals surface area contributed by atoms with Gasteiger partial charge in [-0.15, -0.1) is 0 Å². The standard InChI is InChI=1S/C9H17NO2/c1-6(2)7-5-12-8(11)9(3,4)10-7/h6-7,10H,5H2,1-4H3/t7-/m0/s1. The summed E-state index contributed by atoms with van der Waals surface area (Å²) >= 11 is 0. The molecule has 1 heterocycles. The van der Waals surface area contributed by atoms with Crippen molar-refractivity contribution in [3.05, 3.63) is 0 Å². The molecule has 0 radical (unpaired) electrons. The van der Waals surface area contributed by atoms with Gasteiger partial charge in [-0.05, 0) is 19.8 Å². The number of esters is 1. The molecule has 1 N–H and O–H groups in total. The lowest BCUT2D eigenvalue weighted by Gasteiger charge is -2.37. The number of nitrogens with one attached hydrogen (secondary N) is 1. The highest BCUT2D eigenvalue weighted by Gasteiger charge is 2.37. The van der Waals surface area contributed by atoms with Crippen LogP contribution in [0.2, 0.25) is 0 Å². The molecule has 0 saturated carbocycles. The van der Waals surface area contributed by atoms with Gasteiger partial charge in [-0.25, -0.2) is 0 Å². The second-order valence-electron chi connectivity index (χ2n) is 4.22. The van der Waals surface area contributed by atoms with E-state index in [9.17, 15) is 4.79 Å². The molecule has 1 aliphatic rings. The summed E-state index contributed by atoms with van der Waals surface area (Å²) in [7, 11) is 0. The Hall–Kier alpha value is -0.570. The molecular weight excluding hydrogens is 154 g/mol. The number of cyclic esters (lactones) is 1. The van der Waals surface area contributed by atoms with Crippen molar-refractivity contribution >= 4 is 5.97 Å². The molecule has 1 saturated heterocycles. The van der Waals surface area contributed by atoms with Crippen molar-refractivity contribution in [1.29, 1.82) is 0 Å². The van der Waals surface area contributed by atoms with E-state index < -0.39 is 5.54 Å². The quantitative estimate of drug-likeness (QED) is 0.597. The molecule has 70 valence electrons. The summed E-state index contributed by atoms with van der Waals surface area (Å²) in [5, 5.41) is 3.27. The Morgan fingerprint density at radius 3 is 2.58 bits per heavy atom. The predicted octanol–water partition coefficient (Wildman–Crippen LogP) is 0.936. The zero-order valence-corrected chi connectivity index (χ0v) is 8.18. The van der Waals surface area contributed by atoms with Crippen LogP contribution < -0.4 is 5.32 Å².